The standard InChI is InChI=1S/C21H25N3O2S/c1-21(2,26)11-10-15-8-9-18(27-15)16-12-19(25)23-20-17(16)13-22-24(20)14-6-4-3-5-7-14/h8-9,13-14,16,26H,3-7,12H2,1-2H3,(H,23,25)/t16-/m1/s1. The first-order valence-electron chi connectivity index (χ1n) is 9.63. The van der Waals surface area contributed by atoms with E-state index >= 15 is 0 Å². The van der Waals surface area contributed by atoms with Crippen LogP contribution in [0.4, 0.5) is 5.82 Å². The second-order valence-corrected chi connectivity index (χ2v) is 9.12. The number of hydrogen-bond acceptors (Lipinski definition) is 4. The number of carbonyl (C=O) groups excluding carboxylic acids is 1. The van der Waals surface area contributed by atoms with Gasteiger partial charge in [0.05, 0.1) is 17.1 Å². The number of fused-ring (bicyclic) bond motifs is 1. The number of nitrogens with one attached hydrogen (secondary N) is 1. The van der Waals surface area contributed by atoms with E-state index in [9.17, 15) is 9.90 Å². The van der Waals surface area contributed by atoms with Crippen molar-refractivity contribution >= 4 is 23.1 Å². The molecule has 1 fully saturated rings. The van der Waals surface area contributed by atoms with Gasteiger partial charge in [0, 0.05) is 22.8 Å². The Kier molecular flexibility index (Phi) is 4.83. The van der Waals surface area contributed by atoms with Crippen molar-refractivity contribution in [2.45, 2.75) is 69.9 Å². The molecule has 4 rings (SSSR count). The molecule has 27 heavy (non-hydrogen) atoms. The number of rotatable bonds is 2. The molecule has 142 valence electrons. The lowest BCUT2D eigenvalue weighted by molar-refractivity contribution is -0.116. The Morgan fingerprint density at radius 3 is 2.81 bits per heavy atom. The highest BCUT2D eigenvalue weighted by Gasteiger charge is 2.32. The molecule has 1 aliphatic heterocycles. The molecule has 3 heterocycles. The number of nitrogens with zero attached hydrogens (tertiary/aromatic N) is 2. The summed E-state index contributed by atoms with van der Waals surface area (Å²) < 4.78 is 2.04. The van der Waals surface area contributed by atoms with E-state index in [2.05, 4.69) is 22.3 Å². The van der Waals surface area contributed by atoms with E-state index in [1.165, 1.54) is 19.3 Å². The first-order valence-corrected chi connectivity index (χ1v) is 10.4. The van der Waals surface area contributed by atoms with Crippen molar-refractivity contribution < 1.29 is 9.90 Å². The van der Waals surface area contributed by atoms with Crippen LogP contribution in [0.5, 0.6) is 0 Å². The summed E-state index contributed by atoms with van der Waals surface area (Å²) in [6.45, 7) is 3.35. The third-order valence-corrected chi connectivity index (χ3v) is 6.34. The Labute approximate surface area is 163 Å². The molecule has 6 heteroatoms. The topological polar surface area (TPSA) is 67.2 Å². The fourth-order valence-electron chi connectivity index (χ4n) is 3.92. The molecule has 2 aromatic rings. The van der Waals surface area contributed by atoms with Crippen molar-refractivity contribution in [3.05, 3.63) is 33.6 Å². The summed E-state index contributed by atoms with van der Waals surface area (Å²) in [6.07, 6.45) is 8.36. The lowest BCUT2D eigenvalue weighted by Crippen LogP contribution is -2.26. The second-order valence-electron chi connectivity index (χ2n) is 8.00. The number of anilines is 1. The van der Waals surface area contributed by atoms with Crippen molar-refractivity contribution in [2.75, 3.05) is 5.32 Å². The van der Waals surface area contributed by atoms with Gasteiger partial charge in [-0.1, -0.05) is 31.1 Å². The number of amides is 1. The average Bonchev–Trinajstić information content (AvgIpc) is 3.26. The molecule has 1 amide bonds. The second kappa shape index (κ2) is 7.14. The van der Waals surface area contributed by atoms with Crippen molar-refractivity contribution in [1.29, 1.82) is 0 Å². The Bertz CT molecular complexity index is 904. The van der Waals surface area contributed by atoms with Gasteiger partial charge in [0.25, 0.3) is 0 Å². The molecule has 0 saturated heterocycles. The minimum atomic E-state index is -1.01. The Morgan fingerprint density at radius 2 is 2.07 bits per heavy atom. The van der Waals surface area contributed by atoms with Gasteiger partial charge in [0.1, 0.15) is 11.4 Å². The summed E-state index contributed by atoms with van der Waals surface area (Å²) in [6, 6.07) is 4.40. The molecule has 2 aromatic heterocycles. The van der Waals surface area contributed by atoms with Gasteiger partial charge in [-0.05, 0) is 38.8 Å². The average molecular weight is 384 g/mol. The summed E-state index contributed by atoms with van der Waals surface area (Å²) >= 11 is 1.59. The predicted octanol–water partition coefficient (Wildman–Crippen LogP) is 4.05. The molecule has 1 saturated carbocycles. The summed E-state index contributed by atoms with van der Waals surface area (Å²) in [5.41, 5.74) is 0.0902. The Balaban J connectivity index is 1.64. The van der Waals surface area contributed by atoms with Gasteiger partial charge in [0.2, 0.25) is 5.91 Å². The fraction of sp³-hybridized carbons (Fsp3) is 0.524. The molecule has 0 radical (unpaired) electrons. The van der Waals surface area contributed by atoms with Gasteiger partial charge in [-0.15, -0.1) is 11.3 Å². The molecule has 2 N–H and O–H groups in total. The normalized spacial score (nSPS) is 20.6. The minimum Gasteiger partial charge on any atom is -0.378 e. The zero-order chi connectivity index (χ0) is 19.0. The highest BCUT2D eigenvalue weighted by atomic mass is 32.1. The summed E-state index contributed by atoms with van der Waals surface area (Å²) in [5, 5.41) is 17.5. The SMILES string of the molecule is CC(C)(O)C#Cc1ccc([C@@H]2CC(=O)Nc3c2cnn3C2CCCCC2)s1. The van der Waals surface area contributed by atoms with E-state index in [1.807, 2.05) is 23.0 Å². The highest BCUT2D eigenvalue weighted by molar-refractivity contribution is 7.12. The molecule has 0 unspecified atom stereocenters. The Morgan fingerprint density at radius 1 is 1.30 bits per heavy atom. The van der Waals surface area contributed by atoms with Gasteiger partial charge in [-0.2, -0.15) is 5.10 Å². The van der Waals surface area contributed by atoms with Crippen LogP contribution < -0.4 is 5.32 Å². The van der Waals surface area contributed by atoms with Gasteiger partial charge in [-0.3, -0.25) is 4.79 Å². The molecule has 5 nitrogen and oxygen atoms in total. The molecule has 0 aromatic carbocycles. The van der Waals surface area contributed by atoms with Crippen molar-refractivity contribution in [1.82, 2.24) is 9.78 Å². The molecule has 2 aliphatic rings. The summed E-state index contributed by atoms with van der Waals surface area (Å²) in [5.74, 6) is 6.82. The van der Waals surface area contributed by atoms with Gasteiger partial charge < -0.3 is 10.4 Å². The number of hydrogen-bond donors (Lipinski definition) is 2. The molecule has 0 bridgehead atoms. The van der Waals surface area contributed by atoms with Crippen LogP contribution in [0.2, 0.25) is 0 Å². The predicted molar refractivity (Wildman–Crippen MR) is 107 cm³/mol. The van der Waals surface area contributed by atoms with Crippen molar-refractivity contribution in [3.63, 3.8) is 0 Å². The molecule has 1 atom stereocenters. The minimum absolute atomic E-state index is 0.0220. The van der Waals surface area contributed by atoms with E-state index in [0.717, 1.165) is 34.0 Å². The van der Waals surface area contributed by atoms with Gasteiger partial charge in [-0.25, -0.2) is 4.68 Å². The number of aromatic nitrogens is 2. The van der Waals surface area contributed by atoms with E-state index in [4.69, 9.17) is 0 Å². The van der Waals surface area contributed by atoms with E-state index < -0.39 is 5.60 Å². The molecular formula is C21H25N3O2S. The number of aliphatic hydroxyl groups is 1. The Hall–Kier alpha value is -2.10. The first kappa shape index (κ1) is 18.3. The smallest absolute Gasteiger partial charge is 0.226 e. The molecular weight excluding hydrogens is 358 g/mol. The van der Waals surface area contributed by atoms with Crippen LogP contribution in [0, 0.1) is 11.8 Å². The highest BCUT2D eigenvalue weighted by Crippen LogP contribution is 2.42. The van der Waals surface area contributed by atoms with Crippen LogP contribution >= 0.6 is 11.3 Å². The zero-order valence-corrected chi connectivity index (χ0v) is 16.6. The lowest BCUT2D eigenvalue weighted by Gasteiger charge is -2.27. The van der Waals surface area contributed by atoms with E-state index in [0.29, 0.717) is 12.5 Å². The van der Waals surface area contributed by atoms with Crippen LogP contribution in [0.3, 0.4) is 0 Å². The quantitative estimate of drug-likeness (QED) is 0.769. The van der Waals surface area contributed by atoms with E-state index in [-0.39, 0.29) is 11.8 Å². The van der Waals surface area contributed by atoms with Gasteiger partial charge in [0.15, 0.2) is 0 Å². The van der Waals surface area contributed by atoms with Crippen molar-refractivity contribution in [3.8, 4) is 11.8 Å². The van der Waals surface area contributed by atoms with E-state index in [1.54, 1.807) is 25.2 Å². The molecule has 1 aliphatic carbocycles. The third-order valence-electron chi connectivity index (χ3n) is 5.23. The maximum Gasteiger partial charge on any atom is 0.226 e. The largest absolute Gasteiger partial charge is 0.378 e. The number of carbonyl (C=O) groups is 1. The third kappa shape index (κ3) is 3.95. The van der Waals surface area contributed by atoms with Crippen LogP contribution in [0.25, 0.3) is 0 Å². The maximum absolute atomic E-state index is 12.4. The summed E-state index contributed by atoms with van der Waals surface area (Å²) in [4.78, 5) is 14.4. The summed E-state index contributed by atoms with van der Waals surface area (Å²) in [7, 11) is 0. The maximum atomic E-state index is 12.4. The van der Waals surface area contributed by atoms with Gasteiger partial charge >= 0.3 is 0 Å². The van der Waals surface area contributed by atoms with Crippen LogP contribution in [0.15, 0.2) is 18.3 Å². The van der Waals surface area contributed by atoms with Crippen LogP contribution in [-0.4, -0.2) is 26.4 Å². The van der Waals surface area contributed by atoms with Crippen molar-refractivity contribution in [2.24, 2.45) is 0 Å². The van der Waals surface area contributed by atoms with Crippen LogP contribution in [-0.2, 0) is 4.79 Å². The molecule has 0 spiro atoms. The first-order chi connectivity index (χ1) is 12.9. The lowest BCUT2D eigenvalue weighted by atomic mass is 9.92. The van der Waals surface area contributed by atoms with Crippen LogP contribution in [0.1, 0.15) is 79.6 Å². The monoisotopic (exact) mass is 383 g/mol. The number of thiophene rings is 1. The zero-order valence-electron chi connectivity index (χ0n) is 15.8. The fourth-order valence-corrected chi connectivity index (χ4v) is 4.90.